The number of aliphatic carboxylic acids is 1. The fraction of sp³-hybridized carbons (Fsp3) is 0.750. The first kappa shape index (κ1) is 19.0. The molecule has 4 rings (SSSR count). The fourth-order valence-electron chi connectivity index (χ4n) is 7.52. The molecule has 0 bridgehead atoms. The van der Waals surface area contributed by atoms with Gasteiger partial charge in [0.05, 0.1) is 0 Å². The number of allylic oxidation sites excluding steroid dienone is 4. The van der Waals surface area contributed by atoms with Gasteiger partial charge in [0.25, 0.3) is 0 Å². The maximum absolute atomic E-state index is 11.9. The molecule has 0 aromatic carbocycles. The van der Waals surface area contributed by atoms with E-state index in [0.717, 1.165) is 12.8 Å². The number of carbonyl (C=O) groups is 2. The maximum Gasteiger partial charge on any atom is 0.156 e. The van der Waals surface area contributed by atoms with Gasteiger partial charge < -0.3 is 9.90 Å². The molecule has 7 atom stereocenters. The number of hydrogen-bond acceptors (Lipinski definition) is 3. The minimum atomic E-state index is -0.917. The molecule has 3 heteroatoms. The molecule has 0 amide bonds. The van der Waals surface area contributed by atoms with E-state index in [4.69, 9.17) is 0 Å². The minimum Gasteiger partial charge on any atom is -0.550 e. The third-order valence-electron chi connectivity index (χ3n) is 9.08. The molecule has 0 aromatic heterocycles. The molecule has 4 aliphatic rings. The Hall–Kier alpha value is -1.38. The quantitative estimate of drug-likeness (QED) is 0.750. The first-order valence-corrected chi connectivity index (χ1v) is 10.9. The second kappa shape index (κ2) is 6.60. The lowest BCUT2D eigenvalue weighted by molar-refractivity contribution is -0.306. The molecule has 0 saturated heterocycles. The van der Waals surface area contributed by atoms with Crippen LogP contribution in [0.25, 0.3) is 0 Å². The summed E-state index contributed by atoms with van der Waals surface area (Å²) in [6, 6.07) is 0. The highest BCUT2D eigenvalue weighted by atomic mass is 16.4. The van der Waals surface area contributed by atoms with Crippen molar-refractivity contribution in [1.82, 2.24) is 0 Å². The molecule has 148 valence electrons. The number of ketones is 1. The molecule has 0 N–H and O–H groups in total. The molecule has 3 nitrogen and oxygen atoms in total. The van der Waals surface area contributed by atoms with Gasteiger partial charge in [-0.1, -0.05) is 32.9 Å². The summed E-state index contributed by atoms with van der Waals surface area (Å²) in [4.78, 5) is 22.8. The van der Waals surface area contributed by atoms with Crippen LogP contribution in [0.2, 0.25) is 0 Å². The molecule has 0 radical (unpaired) electrons. The smallest absolute Gasteiger partial charge is 0.156 e. The first-order chi connectivity index (χ1) is 12.8. The summed E-state index contributed by atoms with van der Waals surface area (Å²) in [6.45, 7) is 7.12. The van der Waals surface area contributed by atoms with Crippen LogP contribution < -0.4 is 5.11 Å². The molecule has 0 spiro atoms. The van der Waals surface area contributed by atoms with Crippen molar-refractivity contribution < 1.29 is 14.7 Å². The Bertz CT molecular complexity index is 704. The second-order valence-electron chi connectivity index (χ2n) is 10.2. The molecule has 27 heavy (non-hydrogen) atoms. The number of carboxylic acids is 1. The number of fused-ring (bicyclic) bond motifs is 5. The Kier molecular flexibility index (Phi) is 4.63. The second-order valence-corrected chi connectivity index (χ2v) is 10.2. The fourth-order valence-corrected chi connectivity index (χ4v) is 7.52. The van der Waals surface area contributed by atoms with E-state index in [1.807, 2.05) is 6.08 Å². The number of carbonyl (C=O) groups excluding carboxylic acids is 2. The molecule has 0 aliphatic heterocycles. The Morgan fingerprint density at radius 1 is 1.22 bits per heavy atom. The molecule has 0 heterocycles. The van der Waals surface area contributed by atoms with E-state index in [1.54, 1.807) is 0 Å². The summed E-state index contributed by atoms with van der Waals surface area (Å²) in [6.07, 6.45) is 14.2. The number of hydrogen-bond donors (Lipinski definition) is 0. The summed E-state index contributed by atoms with van der Waals surface area (Å²) in [5.41, 5.74) is 1.74. The average Bonchev–Trinajstić information content (AvgIpc) is 2.97. The predicted molar refractivity (Wildman–Crippen MR) is 104 cm³/mol. The normalized spacial score (nSPS) is 44.1. The highest BCUT2D eigenvalue weighted by Gasteiger charge is 2.58. The van der Waals surface area contributed by atoms with Crippen LogP contribution in [0.1, 0.15) is 72.1 Å². The Balaban J connectivity index is 1.59. The lowest BCUT2D eigenvalue weighted by atomic mass is 9.48. The Labute approximate surface area is 163 Å². The van der Waals surface area contributed by atoms with E-state index < -0.39 is 5.97 Å². The molecule has 2 saturated carbocycles. The van der Waals surface area contributed by atoms with E-state index in [2.05, 4.69) is 32.9 Å². The largest absolute Gasteiger partial charge is 0.550 e. The summed E-state index contributed by atoms with van der Waals surface area (Å²) in [7, 11) is 0. The molecule has 0 unspecified atom stereocenters. The molecule has 4 aliphatic carbocycles. The van der Waals surface area contributed by atoms with Gasteiger partial charge in [0, 0.05) is 12.4 Å². The van der Waals surface area contributed by atoms with Crippen molar-refractivity contribution in [2.24, 2.45) is 40.4 Å². The monoisotopic (exact) mass is 369 g/mol. The van der Waals surface area contributed by atoms with E-state index in [1.165, 1.54) is 31.3 Å². The standard InChI is InChI=1S/C24H34O3/c1-15(4-9-22(26)27)19-7-8-20-18-6-5-16-14-17(25)10-12-23(16,2)21(18)11-13-24(19,20)3/h5-6,14-15,18-21H,4,7-13H2,1-3H3,(H,26,27)/p-1/t15-,18+,19-,20+,21+,23+,24-/m1/s1. The number of carboxylic acid groups (broad SMARTS) is 1. The zero-order valence-electron chi connectivity index (χ0n) is 17.0. The molecule has 2 fully saturated rings. The van der Waals surface area contributed by atoms with Crippen molar-refractivity contribution >= 4 is 11.8 Å². The highest BCUT2D eigenvalue weighted by Crippen LogP contribution is 2.66. The zero-order chi connectivity index (χ0) is 19.4. The SMILES string of the molecule is C[C@H](CCC(=O)[O-])[C@H]1CC[C@H]2[C@@H]3C=CC4=CC(=O)CC[C@]4(C)[C@H]3CC[C@]12C. The first-order valence-electron chi connectivity index (χ1n) is 10.9. The van der Waals surface area contributed by atoms with Gasteiger partial charge in [-0.15, -0.1) is 0 Å². The average molecular weight is 370 g/mol. The van der Waals surface area contributed by atoms with Crippen LogP contribution in [0.4, 0.5) is 0 Å². The van der Waals surface area contributed by atoms with Crippen molar-refractivity contribution in [3.05, 3.63) is 23.8 Å². The van der Waals surface area contributed by atoms with Gasteiger partial charge in [-0.2, -0.15) is 0 Å². The lowest BCUT2D eigenvalue weighted by Gasteiger charge is -2.56. The van der Waals surface area contributed by atoms with Gasteiger partial charge in [0.2, 0.25) is 0 Å². The number of rotatable bonds is 4. The van der Waals surface area contributed by atoms with Crippen molar-refractivity contribution in [3.8, 4) is 0 Å². The topological polar surface area (TPSA) is 57.2 Å². The van der Waals surface area contributed by atoms with Crippen LogP contribution in [-0.2, 0) is 9.59 Å². The highest BCUT2D eigenvalue weighted by molar-refractivity contribution is 5.92. The lowest BCUT2D eigenvalue weighted by Crippen LogP contribution is -2.49. The Morgan fingerprint density at radius 2 is 2.00 bits per heavy atom. The zero-order valence-corrected chi connectivity index (χ0v) is 17.0. The van der Waals surface area contributed by atoms with Gasteiger partial charge in [-0.05, 0) is 97.0 Å². The third kappa shape index (κ3) is 2.93. The van der Waals surface area contributed by atoms with Gasteiger partial charge in [-0.25, -0.2) is 0 Å². The summed E-state index contributed by atoms with van der Waals surface area (Å²) in [5.74, 6) is 2.39. The van der Waals surface area contributed by atoms with Crippen LogP contribution in [0.3, 0.4) is 0 Å². The maximum atomic E-state index is 11.9. The minimum absolute atomic E-state index is 0.160. The van der Waals surface area contributed by atoms with Crippen molar-refractivity contribution in [3.63, 3.8) is 0 Å². The molecule has 0 aromatic rings. The van der Waals surface area contributed by atoms with E-state index in [0.29, 0.717) is 41.4 Å². The van der Waals surface area contributed by atoms with Gasteiger partial charge in [0.15, 0.2) is 5.78 Å². The van der Waals surface area contributed by atoms with E-state index >= 15 is 0 Å². The van der Waals surface area contributed by atoms with Crippen molar-refractivity contribution in [1.29, 1.82) is 0 Å². The van der Waals surface area contributed by atoms with Crippen LogP contribution in [-0.4, -0.2) is 11.8 Å². The van der Waals surface area contributed by atoms with Crippen LogP contribution in [0.15, 0.2) is 23.8 Å². The van der Waals surface area contributed by atoms with Gasteiger partial charge >= 0.3 is 0 Å². The Morgan fingerprint density at radius 3 is 2.74 bits per heavy atom. The summed E-state index contributed by atoms with van der Waals surface area (Å²) >= 11 is 0. The van der Waals surface area contributed by atoms with Crippen LogP contribution in [0, 0.1) is 40.4 Å². The van der Waals surface area contributed by atoms with Gasteiger partial charge in [-0.3, -0.25) is 4.79 Å². The predicted octanol–water partition coefficient (Wildman–Crippen LogP) is 4.08. The van der Waals surface area contributed by atoms with Crippen LogP contribution in [0.5, 0.6) is 0 Å². The van der Waals surface area contributed by atoms with E-state index in [9.17, 15) is 14.7 Å². The van der Waals surface area contributed by atoms with Crippen molar-refractivity contribution in [2.45, 2.75) is 72.1 Å². The summed E-state index contributed by atoms with van der Waals surface area (Å²) in [5, 5.41) is 10.9. The molecular formula is C24H33O3-. The summed E-state index contributed by atoms with van der Waals surface area (Å²) < 4.78 is 0. The molecular weight excluding hydrogens is 336 g/mol. The van der Waals surface area contributed by atoms with Crippen molar-refractivity contribution in [2.75, 3.05) is 0 Å². The third-order valence-corrected chi connectivity index (χ3v) is 9.08. The van der Waals surface area contributed by atoms with Gasteiger partial charge in [0.1, 0.15) is 0 Å². The van der Waals surface area contributed by atoms with Crippen LogP contribution >= 0.6 is 0 Å². The van der Waals surface area contributed by atoms with E-state index in [-0.39, 0.29) is 17.6 Å².